The van der Waals surface area contributed by atoms with Crippen molar-refractivity contribution in [3.8, 4) is 0 Å². The van der Waals surface area contributed by atoms with Gasteiger partial charge in [0.25, 0.3) is 0 Å². The molecule has 0 saturated carbocycles. The molecule has 1 aliphatic heterocycles. The first-order valence-corrected chi connectivity index (χ1v) is 6.78. The van der Waals surface area contributed by atoms with Crippen LogP contribution in [0.15, 0.2) is 0 Å². The number of methoxy groups -OCH3 is 1. The minimum absolute atomic E-state index is 0.552. The summed E-state index contributed by atoms with van der Waals surface area (Å²) in [5.74, 6) is 0. The van der Waals surface area contributed by atoms with Crippen molar-refractivity contribution >= 4 is 0 Å². The Morgan fingerprint density at radius 3 is 2.82 bits per heavy atom. The molecular formula is C13H29N3O. The number of nitrogens with zero attached hydrogens (tertiary/aromatic N) is 2. The highest BCUT2D eigenvalue weighted by molar-refractivity contribution is 4.86. The lowest BCUT2D eigenvalue weighted by Gasteiger charge is -2.34. The lowest BCUT2D eigenvalue weighted by Crippen LogP contribution is -2.45. The number of ether oxygens (including phenoxy) is 1. The van der Waals surface area contributed by atoms with Gasteiger partial charge in [0.1, 0.15) is 0 Å². The van der Waals surface area contributed by atoms with Crippen molar-refractivity contribution in [3.05, 3.63) is 0 Å². The molecule has 1 heterocycles. The maximum Gasteiger partial charge on any atom is 0.0618 e. The van der Waals surface area contributed by atoms with E-state index in [1.165, 1.54) is 19.4 Å². The van der Waals surface area contributed by atoms with Crippen molar-refractivity contribution in [2.24, 2.45) is 5.73 Å². The Labute approximate surface area is 106 Å². The van der Waals surface area contributed by atoms with Crippen molar-refractivity contribution in [3.63, 3.8) is 0 Å². The van der Waals surface area contributed by atoms with Crippen LogP contribution in [0.3, 0.4) is 0 Å². The Balaban J connectivity index is 2.51. The third kappa shape index (κ3) is 4.92. The molecule has 0 aromatic heterocycles. The predicted octanol–water partition coefficient (Wildman–Crippen LogP) is 0.766. The van der Waals surface area contributed by atoms with E-state index in [0.29, 0.717) is 12.1 Å². The Bertz CT molecular complexity index is 199. The van der Waals surface area contributed by atoms with E-state index in [1.54, 1.807) is 7.11 Å². The largest absolute Gasteiger partial charge is 0.383 e. The molecule has 102 valence electrons. The van der Waals surface area contributed by atoms with Crippen LogP contribution in [0.4, 0.5) is 0 Å². The molecule has 1 aliphatic rings. The normalized spacial score (nSPS) is 23.5. The van der Waals surface area contributed by atoms with Gasteiger partial charge >= 0.3 is 0 Å². The van der Waals surface area contributed by atoms with Crippen molar-refractivity contribution in [2.45, 2.75) is 37.8 Å². The average Bonchev–Trinajstić information content (AvgIpc) is 2.71. The molecular weight excluding hydrogens is 214 g/mol. The fraction of sp³-hybridized carbons (Fsp3) is 1.00. The maximum atomic E-state index is 5.62. The van der Waals surface area contributed by atoms with Gasteiger partial charge in [0, 0.05) is 25.7 Å². The van der Waals surface area contributed by atoms with Gasteiger partial charge in [0.05, 0.1) is 6.61 Å². The Morgan fingerprint density at radius 2 is 2.24 bits per heavy atom. The molecule has 1 saturated heterocycles. The molecule has 2 N–H and O–H groups in total. The van der Waals surface area contributed by atoms with Crippen LogP contribution in [0, 0.1) is 0 Å². The van der Waals surface area contributed by atoms with Crippen molar-refractivity contribution in [2.75, 3.05) is 47.4 Å². The van der Waals surface area contributed by atoms with Gasteiger partial charge in [0.2, 0.25) is 0 Å². The van der Waals surface area contributed by atoms with Crippen LogP contribution in [0.2, 0.25) is 0 Å². The predicted molar refractivity (Wildman–Crippen MR) is 72.2 cm³/mol. The first-order chi connectivity index (χ1) is 8.19. The third-order valence-electron chi connectivity index (χ3n) is 3.57. The molecule has 2 atom stereocenters. The quantitative estimate of drug-likeness (QED) is 0.683. The molecule has 1 rings (SSSR count). The molecule has 2 unspecified atom stereocenters. The summed E-state index contributed by atoms with van der Waals surface area (Å²) in [6.45, 7) is 4.00. The van der Waals surface area contributed by atoms with Gasteiger partial charge in [-0.25, -0.2) is 0 Å². The van der Waals surface area contributed by atoms with E-state index in [2.05, 4.69) is 23.9 Å². The van der Waals surface area contributed by atoms with E-state index in [4.69, 9.17) is 10.5 Å². The summed E-state index contributed by atoms with van der Waals surface area (Å²) in [4.78, 5) is 4.93. The van der Waals surface area contributed by atoms with Crippen molar-refractivity contribution < 1.29 is 4.74 Å². The second-order valence-corrected chi connectivity index (χ2v) is 5.34. The van der Waals surface area contributed by atoms with Gasteiger partial charge < -0.3 is 15.4 Å². The molecule has 0 aromatic carbocycles. The van der Waals surface area contributed by atoms with Gasteiger partial charge in [-0.1, -0.05) is 0 Å². The number of hydrogen-bond donors (Lipinski definition) is 1. The second kappa shape index (κ2) is 8.03. The van der Waals surface area contributed by atoms with E-state index in [9.17, 15) is 0 Å². The molecule has 4 heteroatoms. The van der Waals surface area contributed by atoms with Crippen LogP contribution in [-0.2, 0) is 4.74 Å². The van der Waals surface area contributed by atoms with Crippen LogP contribution in [0.5, 0.6) is 0 Å². The van der Waals surface area contributed by atoms with Gasteiger partial charge in [-0.05, 0) is 52.9 Å². The highest BCUT2D eigenvalue weighted by Crippen LogP contribution is 2.23. The zero-order chi connectivity index (χ0) is 12.7. The molecule has 0 bridgehead atoms. The molecule has 1 fully saturated rings. The number of likely N-dealkylation sites (tertiary alicyclic amines) is 1. The first-order valence-electron chi connectivity index (χ1n) is 6.78. The summed E-state index contributed by atoms with van der Waals surface area (Å²) < 4.78 is 5.37. The van der Waals surface area contributed by atoms with Crippen LogP contribution >= 0.6 is 0 Å². The average molecular weight is 243 g/mol. The molecule has 0 spiro atoms. The monoisotopic (exact) mass is 243 g/mol. The number of likely N-dealkylation sites (N-methyl/N-ethyl adjacent to an activating group) is 1. The fourth-order valence-corrected chi connectivity index (χ4v) is 2.85. The summed E-state index contributed by atoms with van der Waals surface area (Å²) in [6, 6.07) is 1.25. The van der Waals surface area contributed by atoms with E-state index in [0.717, 1.165) is 32.5 Å². The van der Waals surface area contributed by atoms with E-state index in [-0.39, 0.29) is 0 Å². The maximum absolute atomic E-state index is 5.62. The zero-order valence-corrected chi connectivity index (χ0v) is 11.7. The second-order valence-electron chi connectivity index (χ2n) is 5.34. The lowest BCUT2D eigenvalue weighted by molar-refractivity contribution is 0.0683. The van der Waals surface area contributed by atoms with Crippen LogP contribution in [0.1, 0.15) is 25.7 Å². The Kier molecular flexibility index (Phi) is 7.04. The first kappa shape index (κ1) is 14.9. The molecule has 0 aliphatic carbocycles. The van der Waals surface area contributed by atoms with Crippen LogP contribution in [-0.4, -0.2) is 69.3 Å². The van der Waals surface area contributed by atoms with Crippen LogP contribution in [0.25, 0.3) is 0 Å². The SMILES string of the molecule is COCC(CCCN)N1CCCC1CN(C)C. The fourth-order valence-electron chi connectivity index (χ4n) is 2.85. The summed E-state index contributed by atoms with van der Waals surface area (Å²) in [7, 11) is 6.11. The summed E-state index contributed by atoms with van der Waals surface area (Å²) in [6.07, 6.45) is 4.90. The molecule has 0 aromatic rings. The van der Waals surface area contributed by atoms with Crippen LogP contribution < -0.4 is 5.73 Å². The van der Waals surface area contributed by atoms with Gasteiger partial charge in [0.15, 0.2) is 0 Å². The highest BCUT2D eigenvalue weighted by Gasteiger charge is 2.30. The molecule has 0 amide bonds. The Hall–Kier alpha value is -0.160. The summed E-state index contributed by atoms with van der Waals surface area (Å²) in [5, 5.41) is 0. The van der Waals surface area contributed by atoms with E-state index >= 15 is 0 Å². The molecule has 0 radical (unpaired) electrons. The molecule has 17 heavy (non-hydrogen) atoms. The summed E-state index contributed by atoms with van der Waals surface area (Å²) >= 11 is 0. The van der Waals surface area contributed by atoms with Crippen molar-refractivity contribution in [1.29, 1.82) is 0 Å². The topological polar surface area (TPSA) is 41.7 Å². The summed E-state index contributed by atoms with van der Waals surface area (Å²) in [5.41, 5.74) is 5.62. The van der Waals surface area contributed by atoms with E-state index < -0.39 is 0 Å². The minimum Gasteiger partial charge on any atom is -0.383 e. The minimum atomic E-state index is 0.552. The third-order valence-corrected chi connectivity index (χ3v) is 3.57. The molecule has 4 nitrogen and oxygen atoms in total. The van der Waals surface area contributed by atoms with Gasteiger partial charge in [-0.2, -0.15) is 0 Å². The zero-order valence-electron chi connectivity index (χ0n) is 11.7. The number of rotatable bonds is 8. The van der Waals surface area contributed by atoms with Gasteiger partial charge in [-0.15, -0.1) is 0 Å². The van der Waals surface area contributed by atoms with Gasteiger partial charge in [-0.3, -0.25) is 4.90 Å². The highest BCUT2D eigenvalue weighted by atomic mass is 16.5. The van der Waals surface area contributed by atoms with Crippen molar-refractivity contribution in [1.82, 2.24) is 9.80 Å². The smallest absolute Gasteiger partial charge is 0.0618 e. The lowest BCUT2D eigenvalue weighted by atomic mass is 10.1. The standard InChI is InChI=1S/C13H29N3O/c1-15(2)10-12-7-5-9-16(12)13(11-17-3)6-4-8-14/h12-13H,4-11,14H2,1-3H3. The number of nitrogens with two attached hydrogens (primary N) is 1. The van der Waals surface area contributed by atoms with E-state index in [1.807, 2.05) is 0 Å². The Morgan fingerprint density at radius 1 is 1.47 bits per heavy atom. The number of hydrogen-bond acceptors (Lipinski definition) is 4.